The largest absolute Gasteiger partial charge is 0.497 e. The molecule has 1 aliphatic rings. The van der Waals surface area contributed by atoms with Crippen molar-refractivity contribution in [2.24, 2.45) is 0 Å². The van der Waals surface area contributed by atoms with Crippen LogP contribution in [0.3, 0.4) is 0 Å². The summed E-state index contributed by atoms with van der Waals surface area (Å²) in [6.45, 7) is 10.6. The number of rotatable bonds is 9. The zero-order valence-corrected chi connectivity index (χ0v) is 17.0. The quantitative estimate of drug-likeness (QED) is 0.670. The molecule has 150 valence electrons. The van der Waals surface area contributed by atoms with Gasteiger partial charge in [0, 0.05) is 30.9 Å². The number of hydrogen-bond donors (Lipinski definition) is 1. The number of pyridine rings is 1. The highest BCUT2D eigenvalue weighted by atomic mass is 16.5. The van der Waals surface area contributed by atoms with Crippen LogP contribution in [-0.4, -0.2) is 42.7 Å². The van der Waals surface area contributed by atoms with Crippen LogP contribution in [0.5, 0.6) is 11.5 Å². The number of aromatic nitrogens is 1. The van der Waals surface area contributed by atoms with E-state index in [-0.39, 0.29) is 0 Å². The van der Waals surface area contributed by atoms with Crippen LogP contribution in [0, 0.1) is 0 Å². The van der Waals surface area contributed by atoms with Gasteiger partial charge in [0.1, 0.15) is 18.1 Å². The van der Waals surface area contributed by atoms with E-state index in [4.69, 9.17) is 9.47 Å². The van der Waals surface area contributed by atoms with Crippen molar-refractivity contribution in [3.05, 3.63) is 66.0 Å². The topological polar surface area (TPSA) is 46.6 Å². The molecule has 0 amide bonds. The Labute approximate surface area is 168 Å². The second kappa shape index (κ2) is 10.2. The molecule has 1 aromatic carbocycles. The zero-order chi connectivity index (χ0) is 19.8. The van der Waals surface area contributed by atoms with E-state index >= 15 is 0 Å². The Bertz CT molecular complexity index is 756. The zero-order valence-electron chi connectivity index (χ0n) is 17.0. The fraction of sp³-hybridized carbons (Fsp3) is 0.435. The minimum Gasteiger partial charge on any atom is -0.497 e. The number of ether oxygens (including phenoxy) is 2. The smallest absolute Gasteiger partial charge is 0.130 e. The first-order valence-electron chi connectivity index (χ1n) is 9.94. The molecule has 0 saturated carbocycles. The van der Waals surface area contributed by atoms with Gasteiger partial charge >= 0.3 is 0 Å². The SMILES string of the molecule is C=C(C)CN1CCC(NCc2cc(OC)ccc2OCc2ccccn2)CC1. The van der Waals surface area contributed by atoms with Crippen molar-refractivity contribution in [3.63, 3.8) is 0 Å². The molecule has 28 heavy (non-hydrogen) atoms. The Balaban J connectivity index is 1.57. The molecule has 0 bridgehead atoms. The van der Waals surface area contributed by atoms with Crippen molar-refractivity contribution in [1.82, 2.24) is 15.2 Å². The molecule has 1 aromatic heterocycles. The molecule has 5 nitrogen and oxygen atoms in total. The molecule has 2 aromatic rings. The fourth-order valence-electron chi connectivity index (χ4n) is 3.53. The molecule has 1 saturated heterocycles. The Morgan fingerprint density at radius 1 is 1.25 bits per heavy atom. The van der Waals surface area contributed by atoms with E-state index in [1.165, 1.54) is 5.57 Å². The number of likely N-dealkylation sites (tertiary alicyclic amines) is 1. The highest BCUT2D eigenvalue weighted by Crippen LogP contribution is 2.25. The highest BCUT2D eigenvalue weighted by Gasteiger charge is 2.19. The van der Waals surface area contributed by atoms with E-state index < -0.39 is 0 Å². The van der Waals surface area contributed by atoms with E-state index in [1.807, 2.05) is 30.3 Å². The van der Waals surface area contributed by atoms with E-state index in [1.54, 1.807) is 13.3 Å². The highest BCUT2D eigenvalue weighted by molar-refractivity contribution is 5.40. The van der Waals surface area contributed by atoms with E-state index in [0.29, 0.717) is 12.6 Å². The lowest BCUT2D eigenvalue weighted by Crippen LogP contribution is -2.42. The lowest BCUT2D eigenvalue weighted by molar-refractivity contribution is 0.210. The van der Waals surface area contributed by atoms with Crippen LogP contribution < -0.4 is 14.8 Å². The number of piperidine rings is 1. The third-order valence-corrected chi connectivity index (χ3v) is 5.03. The first-order valence-corrected chi connectivity index (χ1v) is 9.94. The Morgan fingerprint density at radius 2 is 2.07 bits per heavy atom. The van der Waals surface area contributed by atoms with Gasteiger partial charge in [0.25, 0.3) is 0 Å². The second-order valence-corrected chi connectivity index (χ2v) is 7.47. The number of nitrogens with one attached hydrogen (secondary N) is 1. The van der Waals surface area contributed by atoms with Gasteiger partial charge in [-0.25, -0.2) is 0 Å². The average Bonchev–Trinajstić information content (AvgIpc) is 2.72. The Morgan fingerprint density at radius 3 is 2.75 bits per heavy atom. The monoisotopic (exact) mass is 381 g/mol. The number of hydrogen-bond acceptors (Lipinski definition) is 5. The summed E-state index contributed by atoms with van der Waals surface area (Å²) in [5.41, 5.74) is 3.26. The van der Waals surface area contributed by atoms with Crippen LogP contribution in [0.2, 0.25) is 0 Å². The van der Waals surface area contributed by atoms with Crippen LogP contribution in [-0.2, 0) is 13.2 Å². The van der Waals surface area contributed by atoms with Gasteiger partial charge in [-0.2, -0.15) is 0 Å². The minimum absolute atomic E-state index is 0.458. The molecule has 0 unspecified atom stereocenters. The fourth-order valence-corrected chi connectivity index (χ4v) is 3.53. The first kappa shape index (κ1) is 20.4. The van der Waals surface area contributed by atoms with Gasteiger partial charge in [0.2, 0.25) is 0 Å². The number of benzene rings is 1. The molecule has 0 aliphatic carbocycles. The van der Waals surface area contributed by atoms with Gasteiger partial charge in [-0.05, 0) is 63.2 Å². The third-order valence-electron chi connectivity index (χ3n) is 5.03. The van der Waals surface area contributed by atoms with Crippen LogP contribution >= 0.6 is 0 Å². The van der Waals surface area contributed by atoms with E-state index in [9.17, 15) is 0 Å². The van der Waals surface area contributed by atoms with Gasteiger partial charge in [0.05, 0.1) is 12.8 Å². The molecule has 1 N–H and O–H groups in total. The molecule has 0 radical (unpaired) electrons. The standard InChI is InChI=1S/C23H31N3O2/c1-18(2)16-26-12-9-20(10-13-26)25-15-19-14-22(27-3)7-8-23(19)28-17-21-6-4-5-11-24-21/h4-8,11,14,20,25H,1,9-10,12-13,15-17H2,2-3H3. The van der Waals surface area contributed by atoms with E-state index in [0.717, 1.165) is 61.8 Å². The maximum Gasteiger partial charge on any atom is 0.130 e. The Kier molecular flexibility index (Phi) is 7.46. The Hall–Kier alpha value is -2.37. The van der Waals surface area contributed by atoms with Crippen molar-refractivity contribution in [1.29, 1.82) is 0 Å². The van der Waals surface area contributed by atoms with Gasteiger partial charge in [-0.3, -0.25) is 9.88 Å². The molecular formula is C23H31N3O2. The van der Waals surface area contributed by atoms with Crippen molar-refractivity contribution in [2.75, 3.05) is 26.7 Å². The second-order valence-electron chi connectivity index (χ2n) is 7.47. The molecule has 0 atom stereocenters. The third kappa shape index (κ3) is 6.08. The van der Waals surface area contributed by atoms with Crippen LogP contribution in [0.4, 0.5) is 0 Å². The molecule has 5 heteroatoms. The molecular weight excluding hydrogens is 350 g/mol. The molecule has 2 heterocycles. The summed E-state index contributed by atoms with van der Waals surface area (Å²) in [7, 11) is 1.69. The predicted molar refractivity (Wildman–Crippen MR) is 113 cm³/mol. The van der Waals surface area contributed by atoms with Crippen molar-refractivity contribution < 1.29 is 9.47 Å². The summed E-state index contributed by atoms with van der Waals surface area (Å²) < 4.78 is 11.5. The first-order chi connectivity index (χ1) is 13.6. The normalized spacial score (nSPS) is 15.4. The van der Waals surface area contributed by atoms with Crippen molar-refractivity contribution >= 4 is 0 Å². The van der Waals surface area contributed by atoms with Crippen LogP contribution in [0.1, 0.15) is 31.0 Å². The van der Waals surface area contributed by atoms with E-state index in [2.05, 4.69) is 34.8 Å². The number of methoxy groups -OCH3 is 1. The summed E-state index contributed by atoms with van der Waals surface area (Å²) in [6, 6.07) is 12.4. The summed E-state index contributed by atoms with van der Waals surface area (Å²) >= 11 is 0. The summed E-state index contributed by atoms with van der Waals surface area (Å²) in [5.74, 6) is 1.72. The van der Waals surface area contributed by atoms with Gasteiger partial charge in [-0.1, -0.05) is 18.2 Å². The summed E-state index contributed by atoms with van der Waals surface area (Å²) in [4.78, 5) is 6.81. The lowest BCUT2D eigenvalue weighted by Gasteiger charge is -2.32. The predicted octanol–water partition coefficient (Wildman–Crippen LogP) is 3.80. The molecule has 1 fully saturated rings. The molecule has 1 aliphatic heterocycles. The summed E-state index contributed by atoms with van der Waals surface area (Å²) in [6.07, 6.45) is 4.10. The van der Waals surface area contributed by atoms with Crippen LogP contribution in [0.25, 0.3) is 0 Å². The average molecular weight is 382 g/mol. The van der Waals surface area contributed by atoms with Crippen molar-refractivity contribution in [3.8, 4) is 11.5 Å². The minimum atomic E-state index is 0.458. The van der Waals surface area contributed by atoms with Crippen molar-refractivity contribution in [2.45, 2.75) is 39.0 Å². The van der Waals surface area contributed by atoms with Crippen LogP contribution in [0.15, 0.2) is 54.7 Å². The van der Waals surface area contributed by atoms with Gasteiger partial charge in [0.15, 0.2) is 0 Å². The van der Waals surface area contributed by atoms with Gasteiger partial charge < -0.3 is 14.8 Å². The summed E-state index contributed by atoms with van der Waals surface area (Å²) in [5, 5.41) is 3.70. The molecule has 3 rings (SSSR count). The molecule has 0 spiro atoms. The maximum atomic E-state index is 6.05. The van der Waals surface area contributed by atoms with Gasteiger partial charge in [-0.15, -0.1) is 0 Å². The number of nitrogens with zero attached hydrogens (tertiary/aromatic N) is 2. The lowest BCUT2D eigenvalue weighted by atomic mass is 10.0. The maximum absolute atomic E-state index is 6.05.